The van der Waals surface area contributed by atoms with E-state index in [0.717, 1.165) is 19.3 Å². The molecule has 2 N–H and O–H groups in total. The third-order valence-electron chi connectivity index (χ3n) is 3.25. The van der Waals surface area contributed by atoms with Crippen LogP contribution < -0.4 is 5.32 Å². The minimum atomic E-state index is -4.28. The molecule has 2 unspecified atom stereocenters. The molecule has 6 heteroatoms. The number of aliphatic hydroxyl groups excluding tert-OH is 1. The van der Waals surface area contributed by atoms with Gasteiger partial charge in [-0.2, -0.15) is 13.2 Å². The van der Waals surface area contributed by atoms with Crippen LogP contribution in [-0.4, -0.2) is 30.3 Å². The average molecular weight is 253 g/mol. The van der Waals surface area contributed by atoms with Crippen LogP contribution in [0.4, 0.5) is 13.2 Å². The van der Waals surface area contributed by atoms with E-state index in [1.165, 1.54) is 0 Å². The third kappa shape index (κ3) is 5.39. The van der Waals surface area contributed by atoms with E-state index in [-0.39, 0.29) is 18.4 Å². The van der Waals surface area contributed by atoms with Crippen molar-refractivity contribution in [1.29, 1.82) is 0 Å². The van der Waals surface area contributed by atoms with E-state index in [1.807, 2.05) is 0 Å². The van der Waals surface area contributed by atoms with Crippen LogP contribution >= 0.6 is 0 Å². The van der Waals surface area contributed by atoms with E-state index in [2.05, 4.69) is 5.32 Å². The van der Waals surface area contributed by atoms with Crippen molar-refractivity contribution in [3.05, 3.63) is 0 Å². The van der Waals surface area contributed by atoms with Crippen LogP contribution in [0.2, 0.25) is 0 Å². The topological polar surface area (TPSA) is 49.3 Å². The Balaban J connectivity index is 2.19. The van der Waals surface area contributed by atoms with E-state index >= 15 is 0 Å². The fraction of sp³-hybridized carbons (Fsp3) is 0.909. The van der Waals surface area contributed by atoms with Crippen molar-refractivity contribution in [2.45, 2.75) is 38.3 Å². The standard InChI is InChI=1S/C11H18F3NO2/c12-11(13,14)5-4-10(17)15-6-8-2-1-3-9(8)7-16/h8-9,16H,1-7H2,(H,15,17). The summed E-state index contributed by atoms with van der Waals surface area (Å²) in [5, 5.41) is 11.6. The number of halogens is 3. The monoisotopic (exact) mass is 253 g/mol. The Hall–Kier alpha value is -0.780. The van der Waals surface area contributed by atoms with Crippen LogP contribution in [0.25, 0.3) is 0 Å². The molecule has 17 heavy (non-hydrogen) atoms. The Morgan fingerprint density at radius 2 is 1.94 bits per heavy atom. The lowest BCUT2D eigenvalue weighted by atomic mass is 9.97. The van der Waals surface area contributed by atoms with Gasteiger partial charge in [0.2, 0.25) is 5.91 Å². The second-order valence-corrected chi connectivity index (χ2v) is 4.55. The number of alkyl halides is 3. The molecule has 1 amide bonds. The summed E-state index contributed by atoms with van der Waals surface area (Å²) in [7, 11) is 0. The number of hydrogen-bond donors (Lipinski definition) is 2. The minimum Gasteiger partial charge on any atom is -0.396 e. The molecule has 0 radical (unpaired) electrons. The van der Waals surface area contributed by atoms with E-state index < -0.39 is 24.9 Å². The minimum absolute atomic E-state index is 0.0864. The number of carbonyl (C=O) groups excluding carboxylic acids is 1. The highest BCUT2D eigenvalue weighted by molar-refractivity contribution is 5.75. The molecule has 0 aromatic heterocycles. The first kappa shape index (κ1) is 14.3. The van der Waals surface area contributed by atoms with Crippen LogP contribution in [-0.2, 0) is 4.79 Å². The van der Waals surface area contributed by atoms with Gasteiger partial charge in [0.05, 0.1) is 6.42 Å². The molecule has 100 valence electrons. The molecule has 0 aliphatic heterocycles. The molecule has 0 heterocycles. The first-order valence-electron chi connectivity index (χ1n) is 5.86. The molecule has 1 fully saturated rings. The summed E-state index contributed by atoms with van der Waals surface area (Å²) in [6.45, 7) is 0.463. The number of aliphatic hydroxyl groups is 1. The SMILES string of the molecule is O=C(CCC(F)(F)F)NCC1CCCC1CO. The summed E-state index contributed by atoms with van der Waals surface area (Å²) in [6.07, 6.45) is -3.01. The predicted octanol–water partition coefficient (Wildman–Crippen LogP) is 1.85. The largest absolute Gasteiger partial charge is 0.396 e. The predicted molar refractivity (Wildman–Crippen MR) is 56.2 cm³/mol. The van der Waals surface area contributed by atoms with Gasteiger partial charge in [0.15, 0.2) is 0 Å². The zero-order chi connectivity index (χ0) is 12.9. The lowest BCUT2D eigenvalue weighted by Crippen LogP contribution is -2.32. The highest BCUT2D eigenvalue weighted by Gasteiger charge is 2.29. The molecular formula is C11H18F3NO2. The van der Waals surface area contributed by atoms with Crippen molar-refractivity contribution < 1.29 is 23.1 Å². The van der Waals surface area contributed by atoms with E-state index in [0.29, 0.717) is 6.54 Å². The highest BCUT2D eigenvalue weighted by Crippen LogP contribution is 2.30. The number of carbonyl (C=O) groups is 1. The van der Waals surface area contributed by atoms with Crippen LogP contribution in [0, 0.1) is 11.8 Å². The molecule has 0 aromatic rings. The van der Waals surface area contributed by atoms with Gasteiger partial charge in [-0.25, -0.2) is 0 Å². The maximum atomic E-state index is 11.9. The van der Waals surface area contributed by atoms with Gasteiger partial charge >= 0.3 is 6.18 Å². The van der Waals surface area contributed by atoms with E-state index in [1.54, 1.807) is 0 Å². The van der Waals surface area contributed by atoms with Crippen LogP contribution in [0.15, 0.2) is 0 Å². The van der Waals surface area contributed by atoms with E-state index in [9.17, 15) is 18.0 Å². The van der Waals surface area contributed by atoms with Crippen LogP contribution in [0.1, 0.15) is 32.1 Å². The maximum Gasteiger partial charge on any atom is 0.389 e. The number of nitrogens with one attached hydrogen (secondary N) is 1. The van der Waals surface area contributed by atoms with Crippen molar-refractivity contribution in [3.8, 4) is 0 Å². The summed E-state index contributed by atoms with van der Waals surface area (Å²) in [6, 6.07) is 0. The second kappa shape index (κ2) is 6.23. The summed E-state index contributed by atoms with van der Waals surface area (Å²) in [5.41, 5.74) is 0. The summed E-state index contributed by atoms with van der Waals surface area (Å²) < 4.78 is 35.6. The van der Waals surface area contributed by atoms with Crippen molar-refractivity contribution in [2.75, 3.05) is 13.2 Å². The number of amides is 1. The smallest absolute Gasteiger partial charge is 0.389 e. The Labute approximate surface area is 98.4 Å². The van der Waals surface area contributed by atoms with E-state index in [4.69, 9.17) is 5.11 Å². The zero-order valence-electron chi connectivity index (χ0n) is 9.59. The molecule has 0 spiro atoms. The first-order valence-corrected chi connectivity index (χ1v) is 5.86. The van der Waals surface area contributed by atoms with Gasteiger partial charge < -0.3 is 10.4 Å². The van der Waals surface area contributed by atoms with Crippen LogP contribution in [0.5, 0.6) is 0 Å². The number of hydrogen-bond acceptors (Lipinski definition) is 2. The van der Waals surface area contributed by atoms with Gasteiger partial charge in [-0.15, -0.1) is 0 Å². The second-order valence-electron chi connectivity index (χ2n) is 4.55. The van der Waals surface area contributed by atoms with Gasteiger partial charge in [-0.05, 0) is 24.7 Å². The Morgan fingerprint density at radius 3 is 2.53 bits per heavy atom. The van der Waals surface area contributed by atoms with Crippen molar-refractivity contribution >= 4 is 5.91 Å². The Kier molecular flexibility index (Phi) is 5.24. The average Bonchev–Trinajstić information content (AvgIpc) is 2.69. The fourth-order valence-electron chi connectivity index (χ4n) is 2.21. The maximum absolute atomic E-state index is 11.9. The summed E-state index contributed by atoms with van der Waals surface area (Å²) in [4.78, 5) is 11.2. The zero-order valence-corrected chi connectivity index (χ0v) is 9.59. The molecule has 0 bridgehead atoms. The van der Waals surface area contributed by atoms with Crippen LogP contribution in [0.3, 0.4) is 0 Å². The van der Waals surface area contributed by atoms with Gasteiger partial charge in [0, 0.05) is 19.6 Å². The first-order chi connectivity index (χ1) is 7.92. The molecule has 0 saturated heterocycles. The lowest BCUT2D eigenvalue weighted by molar-refractivity contribution is -0.144. The normalized spacial score (nSPS) is 24.9. The van der Waals surface area contributed by atoms with Gasteiger partial charge in [-0.3, -0.25) is 4.79 Å². The quantitative estimate of drug-likeness (QED) is 0.785. The molecule has 0 aromatic carbocycles. The highest BCUT2D eigenvalue weighted by atomic mass is 19.4. The van der Waals surface area contributed by atoms with Gasteiger partial charge in [0.1, 0.15) is 0 Å². The van der Waals surface area contributed by atoms with Gasteiger partial charge in [-0.1, -0.05) is 6.42 Å². The number of rotatable bonds is 5. The molecule has 1 rings (SSSR count). The van der Waals surface area contributed by atoms with Crippen molar-refractivity contribution in [3.63, 3.8) is 0 Å². The van der Waals surface area contributed by atoms with Gasteiger partial charge in [0.25, 0.3) is 0 Å². The summed E-state index contributed by atoms with van der Waals surface area (Å²) in [5.74, 6) is -0.182. The third-order valence-corrected chi connectivity index (χ3v) is 3.25. The van der Waals surface area contributed by atoms with Crippen molar-refractivity contribution in [2.24, 2.45) is 11.8 Å². The Morgan fingerprint density at radius 1 is 1.29 bits per heavy atom. The molecule has 2 atom stereocenters. The molecule has 1 aliphatic rings. The fourth-order valence-corrected chi connectivity index (χ4v) is 2.21. The lowest BCUT2D eigenvalue weighted by Gasteiger charge is -2.17. The molecule has 3 nitrogen and oxygen atoms in total. The summed E-state index contributed by atoms with van der Waals surface area (Å²) >= 11 is 0. The van der Waals surface area contributed by atoms with Crippen molar-refractivity contribution in [1.82, 2.24) is 5.32 Å². The molecular weight excluding hydrogens is 235 g/mol. The molecule has 1 aliphatic carbocycles. The Bertz CT molecular complexity index is 256. The molecule has 1 saturated carbocycles.